The van der Waals surface area contributed by atoms with Crippen LogP contribution >= 0.6 is 0 Å². The van der Waals surface area contributed by atoms with Crippen LogP contribution in [0.25, 0.3) is 0 Å². The highest BCUT2D eigenvalue weighted by Gasteiger charge is 2.28. The van der Waals surface area contributed by atoms with Crippen molar-refractivity contribution in [2.75, 3.05) is 26.8 Å². The molecule has 0 aliphatic carbocycles. The Labute approximate surface area is 125 Å². The van der Waals surface area contributed by atoms with Gasteiger partial charge in [-0.1, -0.05) is 17.7 Å². The van der Waals surface area contributed by atoms with Crippen LogP contribution in [-0.4, -0.2) is 54.9 Å². The number of rotatable bonds is 4. The van der Waals surface area contributed by atoms with Crippen LogP contribution in [0.3, 0.4) is 0 Å². The number of hydrogen-bond acceptors (Lipinski definition) is 4. The van der Waals surface area contributed by atoms with Gasteiger partial charge in [0.2, 0.25) is 5.91 Å². The molecule has 1 aromatic rings. The zero-order chi connectivity index (χ0) is 15.4. The lowest BCUT2D eigenvalue weighted by molar-refractivity contribution is -0.146. The minimum absolute atomic E-state index is 0.0347. The topological polar surface area (TPSA) is 59.0 Å². The van der Waals surface area contributed by atoms with Gasteiger partial charge in [-0.2, -0.15) is 0 Å². The van der Waals surface area contributed by atoms with Gasteiger partial charge in [0.25, 0.3) is 0 Å². The Bertz CT molecular complexity index is 503. The van der Waals surface area contributed by atoms with E-state index in [-0.39, 0.29) is 24.7 Å². The number of benzene rings is 1. The molecule has 116 valence electrons. The Balaban J connectivity index is 2.08. The summed E-state index contributed by atoms with van der Waals surface area (Å²) >= 11 is 0. The summed E-state index contributed by atoms with van der Waals surface area (Å²) in [6.07, 6.45) is -0.0493. The number of ether oxygens (including phenoxy) is 2. The van der Waals surface area contributed by atoms with Crippen molar-refractivity contribution in [1.82, 2.24) is 4.90 Å². The SMILES string of the molecule is COc1ccc(C)cc1CC(=O)N1CC(C)OC(CO)C1. The Morgan fingerprint density at radius 2 is 2.24 bits per heavy atom. The highest BCUT2D eigenvalue weighted by molar-refractivity contribution is 5.79. The summed E-state index contributed by atoms with van der Waals surface area (Å²) in [4.78, 5) is 14.2. The zero-order valence-electron chi connectivity index (χ0n) is 12.8. The molecule has 5 nitrogen and oxygen atoms in total. The van der Waals surface area contributed by atoms with Crippen LogP contribution in [0.2, 0.25) is 0 Å². The third-order valence-corrected chi connectivity index (χ3v) is 3.66. The first kappa shape index (κ1) is 15.8. The number of carbonyl (C=O) groups is 1. The first-order valence-electron chi connectivity index (χ1n) is 7.21. The fourth-order valence-corrected chi connectivity index (χ4v) is 2.67. The van der Waals surface area contributed by atoms with Crippen molar-refractivity contribution in [3.63, 3.8) is 0 Å². The Kier molecular flexibility index (Phi) is 5.20. The molecule has 1 aliphatic heterocycles. The number of hydrogen-bond donors (Lipinski definition) is 1. The molecule has 0 spiro atoms. The van der Waals surface area contributed by atoms with Gasteiger partial charge in [0.15, 0.2) is 0 Å². The summed E-state index contributed by atoms with van der Waals surface area (Å²) in [5.74, 6) is 0.765. The maximum absolute atomic E-state index is 12.5. The van der Waals surface area contributed by atoms with Crippen molar-refractivity contribution in [1.29, 1.82) is 0 Å². The molecule has 1 fully saturated rings. The summed E-state index contributed by atoms with van der Waals surface area (Å²) < 4.78 is 10.9. The second kappa shape index (κ2) is 6.91. The average Bonchev–Trinajstić information content (AvgIpc) is 2.46. The van der Waals surface area contributed by atoms with Gasteiger partial charge < -0.3 is 19.5 Å². The molecule has 0 aromatic heterocycles. The van der Waals surface area contributed by atoms with Gasteiger partial charge in [-0.25, -0.2) is 0 Å². The quantitative estimate of drug-likeness (QED) is 0.905. The van der Waals surface area contributed by atoms with E-state index in [4.69, 9.17) is 9.47 Å². The second-order valence-corrected chi connectivity index (χ2v) is 5.54. The van der Waals surface area contributed by atoms with Gasteiger partial charge in [0.1, 0.15) is 5.75 Å². The van der Waals surface area contributed by atoms with Crippen molar-refractivity contribution in [3.8, 4) is 5.75 Å². The minimum Gasteiger partial charge on any atom is -0.496 e. The number of aryl methyl sites for hydroxylation is 1. The monoisotopic (exact) mass is 293 g/mol. The molecule has 1 aromatic carbocycles. The van der Waals surface area contributed by atoms with Crippen molar-refractivity contribution in [2.24, 2.45) is 0 Å². The Morgan fingerprint density at radius 3 is 2.90 bits per heavy atom. The summed E-state index contributed by atoms with van der Waals surface area (Å²) in [5, 5.41) is 9.23. The van der Waals surface area contributed by atoms with E-state index in [1.165, 1.54) is 0 Å². The molecule has 1 saturated heterocycles. The summed E-state index contributed by atoms with van der Waals surface area (Å²) in [6.45, 7) is 4.83. The van der Waals surface area contributed by atoms with Crippen LogP contribution < -0.4 is 4.74 Å². The molecule has 1 aliphatic rings. The van der Waals surface area contributed by atoms with Crippen molar-refractivity contribution >= 4 is 5.91 Å². The number of carbonyl (C=O) groups excluding carboxylic acids is 1. The molecule has 1 amide bonds. The fourth-order valence-electron chi connectivity index (χ4n) is 2.67. The molecule has 5 heteroatoms. The zero-order valence-corrected chi connectivity index (χ0v) is 12.8. The minimum atomic E-state index is -0.294. The largest absolute Gasteiger partial charge is 0.496 e. The van der Waals surface area contributed by atoms with Gasteiger partial charge >= 0.3 is 0 Å². The van der Waals surface area contributed by atoms with E-state index in [0.29, 0.717) is 19.5 Å². The van der Waals surface area contributed by atoms with Crippen molar-refractivity contribution < 1.29 is 19.4 Å². The van der Waals surface area contributed by atoms with Crippen LogP contribution in [0.1, 0.15) is 18.1 Å². The normalized spacial score (nSPS) is 22.2. The van der Waals surface area contributed by atoms with Gasteiger partial charge in [-0.3, -0.25) is 4.79 Å². The number of nitrogens with zero attached hydrogens (tertiary/aromatic N) is 1. The lowest BCUT2D eigenvalue weighted by atomic mass is 10.1. The van der Waals surface area contributed by atoms with Gasteiger partial charge in [-0.15, -0.1) is 0 Å². The smallest absolute Gasteiger partial charge is 0.227 e. The maximum Gasteiger partial charge on any atom is 0.227 e. The summed E-state index contributed by atoms with van der Waals surface area (Å²) in [5.41, 5.74) is 1.99. The lowest BCUT2D eigenvalue weighted by Crippen LogP contribution is -2.50. The van der Waals surface area contributed by atoms with Crippen molar-refractivity contribution in [3.05, 3.63) is 29.3 Å². The van der Waals surface area contributed by atoms with E-state index in [0.717, 1.165) is 16.9 Å². The molecular weight excluding hydrogens is 270 g/mol. The van der Waals surface area contributed by atoms with E-state index < -0.39 is 0 Å². The fraction of sp³-hybridized carbons (Fsp3) is 0.562. The van der Waals surface area contributed by atoms with E-state index in [2.05, 4.69) is 0 Å². The number of aliphatic hydroxyl groups excluding tert-OH is 1. The van der Waals surface area contributed by atoms with Crippen molar-refractivity contribution in [2.45, 2.75) is 32.5 Å². The van der Waals surface area contributed by atoms with E-state index >= 15 is 0 Å². The third-order valence-electron chi connectivity index (χ3n) is 3.66. The first-order valence-corrected chi connectivity index (χ1v) is 7.21. The predicted molar refractivity (Wildman–Crippen MR) is 79.4 cm³/mol. The average molecular weight is 293 g/mol. The molecule has 1 N–H and O–H groups in total. The molecule has 2 unspecified atom stereocenters. The molecule has 0 saturated carbocycles. The number of methoxy groups -OCH3 is 1. The molecule has 2 atom stereocenters. The van der Waals surface area contributed by atoms with E-state index in [9.17, 15) is 9.90 Å². The van der Waals surface area contributed by atoms with Gasteiger partial charge in [0, 0.05) is 18.7 Å². The highest BCUT2D eigenvalue weighted by Crippen LogP contribution is 2.21. The maximum atomic E-state index is 12.5. The lowest BCUT2D eigenvalue weighted by Gasteiger charge is -2.36. The summed E-state index contributed by atoms with van der Waals surface area (Å²) in [7, 11) is 1.61. The highest BCUT2D eigenvalue weighted by atomic mass is 16.5. The van der Waals surface area contributed by atoms with Gasteiger partial charge in [0.05, 0.1) is 32.3 Å². The number of aliphatic hydroxyl groups is 1. The van der Waals surface area contributed by atoms with Crippen LogP contribution in [0.5, 0.6) is 5.75 Å². The van der Waals surface area contributed by atoms with E-state index in [1.807, 2.05) is 32.0 Å². The molecule has 2 rings (SSSR count). The van der Waals surface area contributed by atoms with Crippen LogP contribution in [0.15, 0.2) is 18.2 Å². The number of morpholine rings is 1. The van der Waals surface area contributed by atoms with Crippen LogP contribution in [0, 0.1) is 6.92 Å². The predicted octanol–water partition coefficient (Wildman–Crippen LogP) is 1.15. The Hall–Kier alpha value is -1.59. The molecule has 21 heavy (non-hydrogen) atoms. The molecule has 0 bridgehead atoms. The number of amides is 1. The summed E-state index contributed by atoms with van der Waals surface area (Å²) in [6, 6.07) is 5.83. The first-order chi connectivity index (χ1) is 10.0. The molecule has 0 radical (unpaired) electrons. The Morgan fingerprint density at radius 1 is 1.48 bits per heavy atom. The second-order valence-electron chi connectivity index (χ2n) is 5.54. The van der Waals surface area contributed by atoms with Gasteiger partial charge in [-0.05, 0) is 19.9 Å². The molecular formula is C16H23NO4. The van der Waals surface area contributed by atoms with Crippen LogP contribution in [-0.2, 0) is 16.0 Å². The third kappa shape index (κ3) is 3.95. The van der Waals surface area contributed by atoms with E-state index in [1.54, 1.807) is 12.0 Å². The standard InChI is InChI=1S/C16H23NO4/c1-11-4-5-15(20-3)13(6-11)7-16(19)17-8-12(2)21-14(9-17)10-18/h4-6,12,14,18H,7-10H2,1-3H3. The molecule has 1 heterocycles. The van der Waals surface area contributed by atoms with Crippen LogP contribution in [0.4, 0.5) is 0 Å².